The fourth-order valence-corrected chi connectivity index (χ4v) is 3.59. The molecule has 1 rings (SSSR count). The molecule has 0 radical (unpaired) electrons. The number of aryl methyl sites for hydroxylation is 1. The zero-order valence-corrected chi connectivity index (χ0v) is 22.2. The topological polar surface area (TPSA) is 108 Å². The van der Waals surface area contributed by atoms with Crippen molar-refractivity contribution in [3.8, 4) is 5.75 Å². The maximum atomic E-state index is 13.5. The number of nitrogens with one attached hydrogen (secondary N) is 2. The van der Waals surface area contributed by atoms with E-state index >= 15 is 0 Å². The molecule has 0 spiro atoms. The first-order chi connectivity index (χ1) is 15.6. The summed E-state index contributed by atoms with van der Waals surface area (Å²) in [6, 6.07) is 3.61. The SMILES string of the molecule is Cc1cccc(C(C(=O)NC(C)C)N(C(=O)CNC(=O)OC(C)(C)C)C(C)CCC(C)C)c1O. The van der Waals surface area contributed by atoms with Crippen LogP contribution in [0.15, 0.2) is 18.2 Å². The van der Waals surface area contributed by atoms with Crippen molar-refractivity contribution >= 4 is 17.9 Å². The minimum Gasteiger partial charge on any atom is -0.507 e. The number of phenolic OH excluding ortho intramolecular Hbond substituents is 1. The number of para-hydroxylation sites is 1. The van der Waals surface area contributed by atoms with Crippen LogP contribution in [0.3, 0.4) is 0 Å². The number of ether oxygens (including phenoxy) is 1. The van der Waals surface area contributed by atoms with Crippen molar-refractivity contribution in [2.24, 2.45) is 5.92 Å². The first-order valence-corrected chi connectivity index (χ1v) is 12.0. The molecule has 0 fully saturated rings. The third-order valence-electron chi connectivity index (χ3n) is 5.23. The number of carbonyl (C=O) groups excluding carboxylic acids is 3. The van der Waals surface area contributed by atoms with Gasteiger partial charge in [-0.25, -0.2) is 4.79 Å². The summed E-state index contributed by atoms with van der Waals surface area (Å²) in [6.45, 7) is 16.4. The van der Waals surface area contributed by atoms with Gasteiger partial charge >= 0.3 is 6.09 Å². The molecule has 8 heteroatoms. The molecule has 2 atom stereocenters. The minimum absolute atomic E-state index is 0.0274. The Morgan fingerprint density at radius 3 is 2.21 bits per heavy atom. The molecule has 0 saturated heterocycles. The number of carbonyl (C=O) groups is 3. The zero-order chi connectivity index (χ0) is 26.2. The molecule has 0 bridgehead atoms. The summed E-state index contributed by atoms with van der Waals surface area (Å²) in [5, 5.41) is 16.2. The lowest BCUT2D eigenvalue weighted by atomic mass is 9.96. The Kier molecular flexibility index (Phi) is 10.9. The summed E-state index contributed by atoms with van der Waals surface area (Å²) in [4.78, 5) is 40.5. The van der Waals surface area contributed by atoms with Crippen LogP contribution in [0, 0.1) is 12.8 Å². The molecule has 0 saturated carbocycles. The summed E-state index contributed by atoms with van der Waals surface area (Å²) in [5.74, 6) is -0.445. The number of rotatable bonds is 10. The van der Waals surface area contributed by atoms with E-state index in [1.807, 2.05) is 20.8 Å². The van der Waals surface area contributed by atoms with Gasteiger partial charge in [-0.05, 0) is 72.8 Å². The number of phenols is 1. The molecular weight excluding hydrogens is 434 g/mol. The van der Waals surface area contributed by atoms with Gasteiger partial charge in [-0.1, -0.05) is 32.0 Å². The standard InChI is InChI=1S/C26H43N3O5/c1-16(2)13-14-19(6)29(21(30)15-27-25(33)34-26(7,8)9)22(24(32)28-17(3)4)20-12-10-11-18(5)23(20)31/h10-12,16-17,19,22,31H,13-15H2,1-9H3,(H,27,33)(H,28,32). The Hall–Kier alpha value is -2.77. The number of alkyl carbamates (subject to hydrolysis) is 1. The average molecular weight is 478 g/mol. The maximum Gasteiger partial charge on any atom is 0.408 e. The lowest BCUT2D eigenvalue weighted by Crippen LogP contribution is -2.52. The van der Waals surface area contributed by atoms with Crippen molar-refractivity contribution in [2.45, 2.75) is 98.9 Å². The Morgan fingerprint density at radius 2 is 1.68 bits per heavy atom. The first kappa shape index (κ1) is 29.3. The van der Waals surface area contributed by atoms with Crippen LogP contribution < -0.4 is 10.6 Å². The summed E-state index contributed by atoms with van der Waals surface area (Å²) in [7, 11) is 0. The Morgan fingerprint density at radius 1 is 1.06 bits per heavy atom. The van der Waals surface area contributed by atoms with Gasteiger partial charge in [-0.15, -0.1) is 0 Å². The molecule has 1 aromatic rings. The molecule has 192 valence electrons. The quantitative estimate of drug-likeness (QED) is 0.462. The monoisotopic (exact) mass is 477 g/mol. The van der Waals surface area contributed by atoms with Crippen molar-refractivity contribution in [1.82, 2.24) is 15.5 Å². The van der Waals surface area contributed by atoms with Crippen LogP contribution in [0.4, 0.5) is 4.79 Å². The van der Waals surface area contributed by atoms with E-state index in [0.29, 0.717) is 23.5 Å². The van der Waals surface area contributed by atoms with E-state index in [0.717, 1.165) is 6.42 Å². The minimum atomic E-state index is -1.06. The predicted octanol–water partition coefficient (Wildman–Crippen LogP) is 4.44. The van der Waals surface area contributed by atoms with Gasteiger partial charge in [-0.3, -0.25) is 9.59 Å². The number of nitrogens with zero attached hydrogens (tertiary/aromatic N) is 1. The zero-order valence-electron chi connectivity index (χ0n) is 22.2. The van der Waals surface area contributed by atoms with Gasteiger partial charge in [0, 0.05) is 17.6 Å². The third kappa shape index (κ3) is 9.23. The molecule has 2 unspecified atom stereocenters. The van der Waals surface area contributed by atoms with Crippen molar-refractivity contribution in [1.29, 1.82) is 0 Å². The van der Waals surface area contributed by atoms with Crippen LogP contribution in [0.2, 0.25) is 0 Å². The number of hydrogen-bond donors (Lipinski definition) is 3. The molecule has 8 nitrogen and oxygen atoms in total. The molecule has 34 heavy (non-hydrogen) atoms. The number of hydrogen-bond acceptors (Lipinski definition) is 5. The molecule has 3 N–H and O–H groups in total. The second kappa shape index (κ2) is 12.6. The summed E-state index contributed by atoms with van der Waals surface area (Å²) in [5.41, 5.74) is 0.249. The Bertz CT molecular complexity index is 845. The fourth-order valence-electron chi connectivity index (χ4n) is 3.59. The lowest BCUT2D eigenvalue weighted by molar-refractivity contribution is -0.143. The maximum absolute atomic E-state index is 13.5. The van der Waals surface area contributed by atoms with Gasteiger partial charge in [0.05, 0.1) is 0 Å². The highest BCUT2D eigenvalue weighted by atomic mass is 16.6. The normalized spacial score (nSPS) is 13.4. The molecule has 1 aromatic carbocycles. The molecule has 0 aliphatic carbocycles. The number of benzene rings is 1. The highest BCUT2D eigenvalue weighted by Crippen LogP contribution is 2.34. The number of amides is 3. The van der Waals surface area contributed by atoms with Gasteiger partial charge in [0.1, 0.15) is 23.9 Å². The van der Waals surface area contributed by atoms with Crippen molar-refractivity contribution in [3.63, 3.8) is 0 Å². The summed E-state index contributed by atoms with van der Waals surface area (Å²) < 4.78 is 5.25. The van der Waals surface area contributed by atoms with Crippen molar-refractivity contribution in [2.75, 3.05) is 6.54 Å². The molecule has 0 aliphatic rings. The van der Waals surface area contributed by atoms with E-state index in [-0.39, 0.29) is 24.4 Å². The van der Waals surface area contributed by atoms with Crippen LogP contribution in [0.5, 0.6) is 5.75 Å². The van der Waals surface area contributed by atoms with Gasteiger partial charge in [0.15, 0.2) is 0 Å². The van der Waals surface area contributed by atoms with Crippen LogP contribution in [-0.4, -0.2) is 52.1 Å². The van der Waals surface area contributed by atoms with Crippen molar-refractivity contribution in [3.05, 3.63) is 29.3 Å². The second-order valence-corrected chi connectivity index (χ2v) is 10.6. The molecule has 0 aliphatic heterocycles. The predicted molar refractivity (Wildman–Crippen MR) is 133 cm³/mol. The average Bonchev–Trinajstić information content (AvgIpc) is 2.69. The summed E-state index contributed by atoms with van der Waals surface area (Å²) >= 11 is 0. The molecule has 0 heterocycles. The highest BCUT2D eigenvalue weighted by molar-refractivity contribution is 5.91. The van der Waals surface area contributed by atoms with Crippen molar-refractivity contribution < 1.29 is 24.2 Å². The first-order valence-electron chi connectivity index (χ1n) is 12.0. The van der Waals surface area contributed by atoms with Crippen LogP contribution in [-0.2, 0) is 14.3 Å². The van der Waals surface area contributed by atoms with E-state index in [4.69, 9.17) is 4.74 Å². The lowest BCUT2D eigenvalue weighted by Gasteiger charge is -2.37. The van der Waals surface area contributed by atoms with E-state index in [9.17, 15) is 19.5 Å². The summed E-state index contributed by atoms with van der Waals surface area (Å²) in [6.07, 6.45) is 0.800. The Balaban J connectivity index is 3.41. The highest BCUT2D eigenvalue weighted by Gasteiger charge is 2.36. The van der Waals surface area contributed by atoms with Crippen LogP contribution in [0.25, 0.3) is 0 Å². The van der Waals surface area contributed by atoms with Gasteiger partial charge in [-0.2, -0.15) is 0 Å². The number of aromatic hydroxyl groups is 1. The van der Waals surface area contributed by atoms with Crippen LogP contribution in [0.1, 0.15) is 85.4 Å². The smallest absolute Gasteiger partial charge is 0.408 e. The molecular formula is C26H43N3O5. The van der Waals surface area contributed by atoms with Gasteiger partial charge < -0.3 is 25.4 Å². The largest absolute Gasteiger partial charge is 0.507 e. The fraction of sp³-hybridized carbons (Fsp3) is 0.654. The van der Waals surface area contributed by atoms with E-state index in [1.165, 1.54) is 4.90 Å². The van der Waals surface area contributed by atoms with E-state index in [2.05, 4.69) is 24.5 Å². The second-order valence-electron chi connectivity index (χ2n) is 10.6. The van der Waals surface area contributed by atoms with E-state index < -0.39 is 29.6 Å². The van der Waals surface area contributed by atoms with Gasteiger partial charge in [0.2, 0.25) is 11.8 Å². The van der Waals surface area contributed by atoms with Gasteiger partial charge in [0.25, 0.3) is 0 Å². The molecule has 0 aromatic heterocycles. The van der Waals surface area contributed by atoms with E-state index in [1.54, 1.807) is 45.9 Å². The van der Waals surface area contributed by atoms with Crippen LogP contribution >= 0.6 is 0 Å². The third-order valence-corrected chi connectivity index (χ3v) is 5.23. The molecule has 3 amide bonds. The Labute approximate surface area is 204 Å².